The molecule has 9 nitrogen and oxygen atoms in total. The van der Waals surface area contributed by atoms with Crippen molar-refractivity contribution in [1.82, 2.24) is 19.9 Å². The first kappa shape index (κ1) is 29.3. The van der Waals surface area contributed by atoms with Gasteiger partial charge in [-0.25, -0.2) is 17.9 Å². The van der Waals surface area contributed by atoms with E-state index in [1.54, 1.807) is 29.5 Å². The third-order valence-corrected chi connectivity index (χ3v) is 8.82. The van der Waals surface area contributed by atoms with Crippen LogP contribution in [0.5, 0.6) is 0 Å². The summed E-state index contributed by atoms with van der Waals surface area (Å²) in [6.07, 6.45) is 3.90. The maximum Gasteiger partial charge on any atom is 0.194 e. The van der Waals surface area contributed by atoms with E-state index in [0.717, 1.165) is 39.7 Å². The molecule has 0 spiro atoms. The van der Waals surface area contributed by atoms with Crippen LogP contribution in [-0.2, 0) is 4.74 Å². The minimum atomic E-state index is -1.62. The van der Waals surface area contributed by atoms with Crippen LogP contribution in [0, 0.1) is 24.4 Å². The van der Waals surface area contributed by atoms with E-state index in [2.05, 4.69) is 10.3 Å². The molecule has 218 valence electrons. The molecule has 1 saturated heterocycles. The Morgan fingerprint density at radius 2 is 1.73 bits per heavy atom. The Hall–Kier alpha value is -3.20. The van der Waals surface area contributed by atoms with E-state index in [-0.39, 0.29) is 11.3 Å². The van der Waals surface area contributed by atoms with Gasteiger partial charge in [0, 0.05) is 25.0 Å². The maximum absolute atomic E-state index is 13.8. The SMILES string of the molecule is Cc1ccccc1C(S[C@@H]1O[C@H](CO)[C@H](O)[C@H](n2cc(-c3cc(F)c(F)c(F)c3)nn2)[C@H]1O)C1(O)C=CN(C)C=C1. The van der Waals surface area contributed by atoms with Crippen molar-refractivity contribution in [3.63, 3.8) is 0 Å². The monoisotopic (exact) mass is 590 g/mol. The summed E-state index contributed by atoms with van der Waals surface area (Å²) in [5.41, 5.74) is -1.03. The summed E-state index contributed by atoms with van der Waals surface area (Å²) in [7, 11) is 1.81. The van der Waals surface area contributed by atoms with Crippen LogP contribution in [0.2, 0.25) is 0 Å². The van der Waals surface area contributed by atoms with E-state index in [9.17, 15) is 33.6 Å². The van der Waals surface area contributed by atoms with E-state index < -0.39 is 64.7 Å². The van der Waals surface area contributed by atoms with Crippen LogP contribution >= 0.6 is 11.8 Å². The Labute approximate surface area is 238 Å². The van der Waals surface area contributed by atoms with Crippen molar-refractivity contribution in [3.05, 3.63) is 95.7 Å². The predicted octanol–water partition coefficient (Wildman–Crippen LogP) is 2.83. The molecule has 41 heavy (non-hydrogen) atoms. The molecule has 2 aromatic carbocycles. The van der Waals surface area contributed by atoms with Gasteiger partial charge in [-0.15, -0.1) is 16.9 Å². The highest BCUT2D eigenvalue weighted by atomic mass is 32.2. The van der Waals surface area contributed by atoms with Crippen molar-refractivity contribution in [2.75, 3.05) is 13.7 Å². The summed E-state index contributed by atoms with van der Waals surface area (Å²) in [4.78, 5) is 1.77. The standard InChI is InChI=1S/C28H29F3N4O5S/c1-15-5-3-4-6-17(15)26(28(39)7-9-34(2)10-8-28)41-27-25(38)23(24(37)21(14-36)40-27)35-13-20(32-33-35)16-11-18(29)22(31)19(30)12-16/h3-13,21,23-27,36-39H,14H2,1-2H3/t21-,23+,24+,25-,26?,27+/m1/s1. The Balaban J connectivity index is 1.49. The van der Waals surface area contributed by atoms with Crippen LogP contribution in [0.15, 0.2) is 67.1 Å². The smallest absolute Gasteiger partial charge is 0.194 e. The number of hydrogen-bond acceptors (Lipinski definition) is 9. The average molecular weight is 591 g/mol. The van der Waals surface area contributed by atoms with E-state index in [4.69, 9.17) is 4.74 Å². The molecule has 1 unspecified atom stereocenters. The highest BCUT2D eigenvalue weighted by molar-refractivity contribution is 8.00. The van der Waals surface area contributed by atoms with Gasteiger partial charge in [-0.05, 0) is 42.3 Å². The van der Waals surface area contributed by atoms with Crippen molar-refractivity contribution >= 4 is 11.8 Å². The maximum atomic E-state index is 13.8. The first-order valence-corrected chi connectivity index (χ1v) is 13.7. The summed E-state index contributed by atoms with van der Waals surface area (Å²) >= 11 is 1.11. The van der Waals surface area contributed by atoms with Crippen LogP contribution in [-0.4, -0.2) is 83.3 Å². The topological polar surface area (TPSA) is 124 Å². The number of halogens is 3. The zero-order chi connectivity index (χ0) is 29.5. The van der Waals surface area contributed by atoms with Gasteiger partial charge >= 0.3 is 0 Å². The highest BCUT2D eigenvalue weighted by Gasteiger charge is 2.49. The first-order valence-electron chi connectivity index (χ1n) is 12.8. The van der Waals surface area contributed by atoms with Gasteiger partial charge in [0.25, 0.3) is 0 Å². The Morgan fingerprint density at radius 1 is 1.07 bits per heavy atom. The minimum absolute atomic E-state index is 0.0351. The first-order chi connectivity index (χ1) is 19.5. The summed E-state index contributed by atoms with van der Waals surface area (Å²) in [5, 5.41) is 51.4. The molecule has 2 aliphatic rings. The molecular weight excluding hydrogens is 561 g/mol. The molecule has 0 amide bonds. The fourth-order valence-electron chi connectivity index (χ4n) is 4.95. The number of benzene rings is 2. The number of ether oxygens (including phenoxy) is 1. The van der Waals surface area contributed by atoms with Crippen LogP contribution in [0.25, 0.3) is 11.3 Å². The van der Waals surface area contributed by atoms with E-state index in [0.29, 0.717) is 0 Å². The van der Waals surface area contributed by atoms with Gasteiger partial charge in [0.05, 0.1) is 18.1 Å². The van der Waals surface area contributed by atoms with Crippen molar-refractivity contribution in [2.24, 2.45) is 0 Å². The van der Waals surface area contributed by atoms with Gasteiger partial charge < -0.3 is 30.1 Å². The second-order valence-electron chi connectivity index (χ2n) is 10.1. The lowest BCUT2D eigenvalue weighted by Crippen LogP contribution is -2.55. The van der Waals surface area contributed by atoms with Crippen molar-refractivity contribution < 1.29 is 38.3 Å². The molecule has 3 aromatic rings. The fraction of sp³-hybridized carbons (Fsp3) is 0.357. The quantitative estimate of drug-likeness (QED) is 0.308. The number of thioether (sulfide) groups is 1. The second-order valence-corrected chi connectivity index (χ2v) is 11.3. The number of aliphatic hydroxyl groups excluding tert-OH is 3. The largest absolute Gasteiger partial charge is 0.394 e. The lowest BCUT2D eigenvalue weighted by molar-refractivity contribution is -0.178. The lowest BCUT2D eigenvalue weighted by atomic mass is 9.90. The highest BCUT2D eigenvalue weighted by Crippen LogP contribution is 2.48. The fourth-order valence-corrected chi connectivity index (χ4v) is 6.53. The molecule has 1 fully saturated rings. The van der Waals surface area contributed by atoms with Crippen molar-refractivity contribution in [3.8, 4) is 11.3 Å². The second kappa shape index (κ2) is 11.6. The van der Waals surface area contributed by atoms with Crippen molar-refractivity contribution in [1.29, 1.82) is 0 Å². The third kappa shape index (κ3) is 5.65. The number of aryl methyl sites for hydroxylation is 1. The number of hydrogen-bond donors (Lipinski definition) is 4. The van der Waals surface area contributed by atoms with Gasteiger partial charge in [-0.3, -0.25) is 0 Å². The van der Waals surface area contributed by atoms with Gasteiger partial charge in [-0.2, -0.15) is 0 Å². The molecule has 5 rings (SSSR count). The Morgan fingerprint density at radius 3 is 2.37 bits per heavy atom. The molecule has 0 aliphatic carbocycles. The molecule has 6 atom stereocenters. The molecule has 0 saturated carbocycles. The summed E-state index contributed by atoms with van der Waals surface area (Å²) in [5.74, 6) is -4.44. The molecule has 4 N–H and O–H groups in total. The molecule has 0 radical (unpaired) electrons. The average Bonchev–Trinajstić information content (AvgIpc) is 3.43. The van der Waals surface area contributed by atoms with Crippen LogP contribution in [0.4, 0.5) is 13.2 Å². The minimum Gasteiger partial charge on any atom is -0.394 e. The van der Waals surface area contributed by atoms with E-state index in [1.165, 1.54) is 6.20 Å². The zero-order valence-electron chi connectivity index (χ0n) is 22.1. The van der Waals surface area contributed by atoms with E-state index in [1.807, 2.05) is 38.2 Å². The third-order valence-electron chi connectivity index (χ3n) is 7.26. The van der Waals surface area contributed by atoms with Crippen molar-refractivity contribution in [2.45, 2.75) is 47.6 Å². The number of aromatic nitrogens is 3. The van der Waals surface area contributed by atoms with E-state index >= 15 is 0 Å². The molecular formula is C28H29F3N4O5S. The van der Waals surface area contributed by atoms with Gasteiger partial charge in [0.2, 0.25) is 0 Å². The Bertz CT molecular complexity index is 1430. The van der Waals surface area contributed by atoms with Crippen LogP contribution in [0.3, 0.4) is 0 Å². The number of rotatable bonds is 7. The lowest BCUT2D eigenvalue weighted by Gasteiger charge is -2.44. The van der Waals surface area contributed by atoms with Crippen LogP contribution < -0.4 is 0 Å². The number of nitrogens with zero attached hydrogens (tertiary/aromatic N) is 4. The summed E-state index contributed by atoms with van der Waals surface area (Å²) in [6.45, 7) is 1.30. The normalized spacial score (nSPS) is 26.4. The zero-order valence-corrected chi connectivity index (χ0v) is 22.9. The summed E-state index contributed by atoms with van der Waals surface area (Å²) < 4.78 is 48.2. The Kier molecular flexibility index (Phi) is 8.28. The summed E-state index contributed by atoms with van der Waals surface area (Å²) in [6, 6.07) is 7.77. The molecule has 3 heterocycles. The molecule has 2 aliphatic heterocycles. The molecule has 13 heteroatoms. The predicted molar refractivity (Wildman–Crippen MR) is 145 cm³/mol. The van der Waals surface area contributed by atoms with Gasteiger partial charge in [-0.1, -0.05) is 29.5 Å². The van der Waals surface area contributed by atoms with Gasteiger partial charge in [0.1, 0.15) is 41.1 Å². The van der Waals surface area contributed by atoms with Crippen LogP contribution in [0.1, 0.15) is 22.4 Å². The molecule has 0 bridgehead atoms. The number of aliphatic hydroxyl groups is 4. The molecule has 1 aromatic heterocycles. The van der Waals surface area contributed by atoms with Gasteiger partial charge in [0.15, 0.2) is 17.5 Å².